The Labute approximate surface area is 139 Å². The lowest BCUT2D eigenvalue weighted by Gasteiger charge is -2.33. The van der Waals surface area contributed by atoms with Crippen LogP contribution in [0, 0.1) is 0 Å². The number of phenols is 1. The summed E-state index contributed by atoms with van der Waals surface area (Å²) in [4.78, 5) is 9.29. The molecule has 0 spiro atoms. The molecule has 0 fully saturated rings. The first-order valence-corrected chi connectivity index (χ1v) is 7.93. The van der Waals surface area contributed by atoms with Crippen LogP contribution in [0.4, 0.5) is 5.95 Å². The van der Waals surface area contributed by atoms with Crippen molar-refractivity contribution in [3.63, 3.8) is 0 Å². The van der Waals surface area contributed by atoms with E-state index in [0.717, 1.165) is 35.4 Å². The molecule has 3 aromatic rings. The number of guanidine groups is 1. The van der Waals surface area contributed by atoms with Gasteiger partial charge in [-0.1, -0.05) is 24.3 Å². The van der Waals surface area contributed by atoms with E-state index in [1.165, 1.54) is 0 Å². The quantitative estimate of drug-likeness (QED) is 0.692. The minimum absolute atomic E-state index is 0.275. The van der Waals surface area contributed by atoms with Crippen molar-refractivity contribution in [1.82, 2.24) is 9.55 Å². The number of aliphatic imine (C=N–C) groups is 1. The minimum atomic E-state index is -0.515. The highest BCUT2D eigenvalue weighted by Crippen LogP contribution is 2.35. The Balaban J connectivity index is 1.72. The molecule has 0 bridgehead atoms. The van der Waals surface area contributed by atoms with Gasteiger partial charge in [-0.2, -0.15) is 0 Å². The predicted molar refractivity (Wildman–Crippen MR) is 95.1 cm³/mol. The van der Waals surface area contributed by atoms with Crippen LogP contribution in [0.25, 0.3) is 11.0 Å². The monoisotopic (exact) mass is 321 g/mol. The molecule has 0 amide bonds. The fraction of sp³-hybridized carbons (Fsp3) is 0.222. The first-order chi connectivity index (χ1) is 11.5. The van der Waals surface area contributed by atoms with Gasteiger partial charge in [-0.05, 0) is 49.6 Å². The van der Waals surface area contributed by atoms with Crippen LogP contribution in [-0.2, 0) is 12.1 Å². The number of nitrogens with two attached hydrogens (primary N) is 1. The molecule has 0 unspecified atom stereocenters. The van der Waals surface area contributed by atoms with Gasteiger partial charge in [-0.15, -0.1) is 0 Å². The summed E-state index contributed by atoms with van der Waals surface area (Å²) >= 11 is 0. The first-order valence-electron chi connectivity index (χ1n) is 7.93. The lowest BCUT2D eigenvalue weighted by atomic mass is 10.0. The third-order valence-electron chi connectivity index (χ3n) is 4.47. The van der Waals surface area contributed by atoms with Crippen LogP contribution in [-0.4, -0.2) is 20.6 Å². The topological polar surface area (TPSA) is 88.5 Å². The molecule has 1 aromatic heterocycles. The molecular formula is C18H19N5O. The van der Waals surface area contributed by atoms with Crippen LogP contribution in [0.3, 0.4) is 0 Å². The van der Waals surface area contributed by atoms with Crippen molar-refractivity contribution in [3.05, 3.63) is 54.1 Å². The lowest BCUT2D eigenvalue weighted by Crippen LogP contribution is -2.40. The molecule has 1 aliphatic rings. The molecule has 0 saturated carbocycles. The molecule has 4 N–H and O–H groups in total. The summed E-state index contributed by atoms with van der Waals surface area (Å²) in [5.41, 5.74) is 8.57. The van der Waals surface area contributed by atoms with E-state index in [1.807, 2.05) is 36.4 Å². The van der Waals surface area contributed by atoms with Gasteiger partial charge in [0, 0.05) is 0 Å². The van der Waals surface area contributed by atoms with Gasteiger partial charge in [0.2, 0.25) is 5.95 Å². The minimum Gasteiger partial charge on any atom is -0.508 e. The Morgan fingerprint density at radius 2 is 1.92 bits per heavy atom. The average Bonchev–Trinajstić information content (AvgIpc) is 2.93. The number of hydrogen-bond acceptors (Lipinski definition) is 5. The summed E-state index contributed by atoms with van der Waals surface area (Å²) in [5.74, 6) is 1.37. The van der Waals surface area contributed by atoms with Crippen molar-refractivity contribution in [3.8, 4) is 5.75 Å². The Morgan fingerprint density at radius 1 is 1.17 bits per heavy atom. The van der Waals surface area contributed by atoms with Gasteiger partial charge < -0.3 is 10.8 Å². The number of benzene rings is 2. The third-order valence-corrected chi connectivity index (χ3v) is 4.47. The fourth-order valence-corrected chi connectivity index (χ4v) is 3.26. The second kappa shape index (κ2) is 5.26. The van der Waals surface area contributed by atoms with Crippen LogP contribution in [0.1, 0.15) is 18.9 Å². The van der Waals surface area contributed by atoms with E-state index in [1.54, 1.807) is 12.1 Å². The van der Waals surface area contributed by atoms with Crippen molar-refractivity contribution in [1.29, 1.82) is 0 Å². The molecule has 1 aliphatic heterocycles. The molecule has 122 valence electrons. The van der Waals surface area contributed by atoms with E-state index < -0.39 is 5.66 Å². The maximum absolute atomic E-state index is 9.42. The van der Waals surface area contributed by atoms with Crippen molar-refractivity contribution in [2.45, 2.75) is 25.4 Å². The standard InChI is InChI=1S/C18H19N5O/c1-18(11-10-12-6-8-13(24)9-7-12)22-16(19)21-17-20-14-4-2-3-5-15(14)23(17)18/h2-9,24H,10-11H2,1H3,(H3,19,20,21,22)/t18-/m0/s1. The van der Waals surface area contributed by atoms with Crippen molar-refractivity contribution in [2.24, 2.45) is 10.7 Å². The van der Waals surface area contributed by atoms with Crippen LogP contribution in [0.15, 0.2) is 53.5 Å². The normalized spacial score (nSPS) is 19.6. The number of para-hydroxylation sites is 2. The first kappa shape index (κ1) is 14.6. The zero-order valence-corrected chi connectivity index (χ0v) is 13.4. The van der Waals surface area contributed by atoms with E-state index in [9.17, 15) is 5.11 Å². The number of aryl methyl sites for hydroxylation is 1. The Hall–Kier alpha value is -3.02. The molecule has 4 rings (SSSR count). The highest BCUT2D eigenvalue weighted by atomic mass is 16.3. The highest BCUT2D eigenvalue weighted by molar-refractivity contribution is 5.94. The summed E-state index contributed by atoms with van der Waals surface area (Å²) in [6.45, 7) is 2.07. The number of nitrogens with zero attached hydrogens (tertiary/aromatic N) is 3. The zero-order valence-electron chi connectivity index (χ0n) is 13.4. The predicted octanol–water partition coefficient (Wildman–Crippen LogP) is 2.79. The summed E-state index contributed by atoms with van der Waals surface area (Å²) in [7, 11) is 0. The van der Waals surface area contributed by atoms with Crippen molar-refractivity contribution in [2.75, 3.05) is 5.32 Å². The molecule has 0 radical (unpaired) electrons. The number of imidazole rings is 1. The van der Waals surface area contributed by atoms with Crippen LogP contribution < -0.4 is 11.1 Å². The van der Waals surface area contributed by atoms with Crippen molar-refractivity contribution >= 4 is 22.9 Å². The van der Waals surface area contributed by atoms with E-state index >= 15 is 0 Å². The number of nitrogens with one attached hydrogen (secondary N) is 1. The largest absolute Gasteiger partial charge is 0.508 e. The number of aromatic hydroxyl groups is 1. The summed E-state index contributed by atoms with van der Waals surface area (Å²) in [6, 6.07) is 15.3. The molecule has 0 aliphatic carbocycles. The molecule has 1 atom stereocenters. The number of anilines is 1. The van der Waals surface area contributed by atoms with Gasteiger partial charge in [-0.25, -0.2) is 9.98 Å². The van der Waals surface area contributed by atoms with Crippen LogP contribution in [0.2, 0.25) is 0 Å². The van der Waals surface area contributed by atoms with Crippen LogP contribution >= 0.6 is 0 Å². The van der Waals surface area contributed by atoms with E-state index in [2.05, 4.69) is 26.8 Å². The Kier molecular flexibility index (Phi) is 3.19. The van der Waals surface area contributed by atoms with Gasteiger partial charge in [0.15, 0.2) is 5.96 Å². The van der Waals surface area contributed by atoms with Crippen LogP contribution in [0.5, 0.6) is 5.75 Å². The molecule has 24 heavy (non-hydrogen) atoms. The molecule has 6 heteroatoms. The third kappa shape index (κ3) is 2.36. The van der Waals surface area contributed by atoms with Crippen molar-refractivity contribution < 1.29 is 5.11 Å². The molecule has 2 aromatic carbocycles. The maximum Gasteiger partial charge on any atom is 0.212 e. The molecule has 0 saturated heterocycles. The van der Waals surface area contributed by atoms with Gasteiger partial charge in [0.1, 0.15) is 11.4 Å². The summed E-state index contributed by atoms with van der Waals surface area (Å²) in [5, 5.41) is 12.5. The second-order valence-electron chi connectivity index (χ2n) is 6.27. The average molecular weight is 321 g/mol. The number of fused-ring (bicyclic) bond motifs is 3. The van der Waals surface area contributed by atoms with Gasteiger partial charge >= 0.3 is 0 Å². The number of hydrogen-bond donors (Lipinski definition) is 3. The van der Waals surface area contributed by atoms with Gasteiger partial charge in [-0.3, -0.25) is 9.88 Å². The number of aromatic nitrogens is 2. The Bertz CT molecular complexity index is 928. The number of phenolic OH excluding ortho intramolecular Hbond substituents is 1. The lowest BCUT2D eigenvalue weighted by molar-refractivity contribution is 0.317. The highest BCUT2D eigenvalue weighted by Gasteiger charge is 2.34. The Morgan fingerprint density at radius 3 is 2.71 bits per heavy atom. The van der Waals surface area contributed by atoms with E-state index in [-0.39, 0.29) is 5.75 Å². The summed E-state index contributed by atoms with van der Waals surface area (Å²) in [6.07, 6.45) is 1.59. The van der Waals surface area contributed by atoms with E-state index in [0.29, 0.717) is 5.96 Å². The molecule has 2 heterocycles. The second-order valence-corrected chi connectivity index (χ2v) is 6.27. The fourth-order valence-electron chi connectivity index (χ4n) is 3.26. The van der Waals surface area contributed by atoms with E-state index in [4.69, 9.17) is 5.73 Å². The molecule has 6 nitrogen and oxygen atoms in total. The summed E-state index contributed by atoms with van der Waals surface area (Å²) < 4.78 is 2.11. The van der Waals surface area contributed by atoms with Gasteiger partial charge in [0.05, 0.1) is 11.0 Å². The molecular weight excluding hydrogens is 302 g/mol. The SMILES string of the molecule is C[C@]1(CCc2ccc(O)cc2)N=C(N)Nc2nc3ccccc3n21. The zero-order chi connectivity index (χ0) is 16.7. The smallest absolute Gasteiger partial charge is 0.212 e. The van der Waals surface area contributed by atoms with Gasteiger partial charge in [0.25, 0.3) is 0 Å². The maximum atomic E-state index is 9.42. The number of rotatable bonds is 3.